The predicted molar refractivity (Wildman–Crippen MR) is 55.8 cm³/mol. The first-order valence-corrected chi connectivity index (χ1v) is 4.51. The molecule has 16 heavy (non-hydrogen) atoms. The second kappa shape index (κ2) is 5.40. The first-order valence-electron chi connectivity index (χ1n) is 4.51. The van der Waals surface area contributed by atoms with Gasteiger partial charge in [-0.2, -0.15) is 0 Å². The minimum atomic E-state index is -1.31. The van der Waals surface area contributed by atoms with E-state index in [4.69, 9.17) is 10.2 Å². The number of aromatic nitrogens is 2. The fourth-order valence-corrected chi connectivity index (χ4v) is 0.962. The molecule has 0 saturated carbocycles. The number of aliphatic hydroxyl groups excluding tert-OH is 3. The van der Waals surface area contributed by atoms with Crippen molar-refractivity contribution < 1.29 is 15.3 Å². The standard InChI is InChI=1S/C9H12N2O5/c12-5-7(14)6(13)1-3-11-4-2-8(15)10-9(11)16/h1-4,6-7,12-14H,5H2,(H,10,15,16)/t6-,7+/m0/s1. The number of H-pyrrole nitrogens is 1. The summed E-state index contributed by atoms with van der Waals surface area (Å²) in [6, 6.07) is 1.14. The van der Waals surface area contributed by atoms with E-state index in [0.29, 0.717) is 0 Å². The van der Waals surface area contributed by atoms with Crippen molar-refractivity contribution in [2.45, 2.75) is 12.2 Å². The zero-order valence-corrected chi connectivity index (χ0v) is 8.28. The van der Waals surface area contributed by atoms with E-state index in [1.54, 1.807) is 0 Å². The molecule has 7 nitrogen and oxygen atoms in total. The van der Waals surface area contributed by atoms with Crippen LogP contribution in [0.1, 0.15) is 0 Å². The van der Waals surface area contributed by atoms with Crippen molar-refractivity contribution in [2.24, 2.45) is 0 Å². The molecule has 1 aromatic heterocycles. The highest BCUT2D eigenvalue weighted by molar-refractivity contribution is 5.23. The first kappa shape index (κ1) is 12.4. The Morgan fingerprint density at radius 2 is 2.12 bits per heavy atom. The van der Waals surface area contributed by atoms with Crippen LogP contribution in [0.3, 0.4) is 0 Å². The van der Waals surface area contributed by atoms with Crippen LogP contribution in [0.25, 0.3) is 6.20 Å². The molecule has 0 bridgehead atoms. The highest BCUT2D eigenvalue weighted by atomic mass is 16.4. The molecule has 0 spiro atoms. The molecule has 88 valence electrons. The normalized spacial score (nSPS) is 15.2. The van der Waals surface area contributed by atoms with Gasteiger partial charge < -0.3 is 15.3 Å². The van der Waals surface area contributed by atoms with Crippen LogP contribution in [-0.2, 0) is 0 Å². The summed E-state index contributed by atoms with van der Waals surface area (Å²) in [5.41, 5.74) is -1.18. The second-order valence-electron chi connectivity index (χ2n) is 3.10. The largest absolute Gasteiger partial charge is 0.394 e. The third kappa shape index (κ3) is 3.16. The van der Waals surface area contributed by atoms with Gasteiger partial charge >= 0.3 is 5.69 Å². The smallest absolute Gasteiger partial charge is 0.332 e. The van der Waals surface area contributed by atoms with Gasteiger partial charge in [-0.05, 0) is 6.08 Å². The van der Waals surface area contributed by atoms with Gasteiger partial charge in [0.1, 0.15) is 12.2 Å². The van der Waals surface area contributed by atoms with Crippen LogP contribution in [0.4, 0.5) is 0 Å². The molecule has 0 unspecified atom stereocenters. The monoisotopic (exact) mass is 228 g/mol. The van der Waals surface area contributed by atoms with Gasteiger partial charge in [0.15, 0.2) is 0 Å². The van der Waals surface area contributed by atoms with Crippen LogP contribution < -0.4 is 11.2 Å². The Labute approximate surface area is 89.9 Å². The number of nitrogens with one attached hydrogen (secondary N) is 1. The van der Waals surface area contributed by atoms with Crippen LogP contribution in [0.2, 0.25) is 0 Å². The molecule has 0 aliphatic rings. The summed E-state index contributed by atoms with van der Waals surface area (Å²) in [6.07, 6.45) is 0.927. The van der Waals surface area contributed by atoms with Gasteiger partial charge in [-0.3, -0.25) is 14.3 Å². The molecule has 1 heterocycles. The summed E-state index contributed by atoms with van der Waals surface area (Å²) in [7, 11) is 0. The number of hydrogen-bond acceptors (Lipinski definition) is 5. The maximum absolute atomic E-state index is 11.2. The highest BCUT2D eigenvalue weighted by Gasteiger charge is 2.10. The van der Waals surface area contributed by atoms with Gasteiger partial charge in [0.05, 0.1) is 6.61 Å². The highest BCUT2D eigenvalue weighted by Crippen LogP contribution is 1.95. The average Bonchev–Trinajstić information content (AvgIpc) is 2.26. The Balaban J connectivity index is 2.84. The van der Waals surface area contributed by atoms with E-state index in [9.17, 15) is 14.7 Å². The van der Waals surface area contributed by atoms with E-state index < -0.39 is 30.1 Å². The molecular formula is C9H12N2O5. The fraction of sp³-hybridized carbons (Fsp3) is 0.333. The molecule has 2 atom stereocenters. The molecule has 0 aliphatic heterocycles. The topological polar surface area (TPSA) is 116 Å². The van der Waals surface area contributed by atoms with Crippen LogP contribution in [-0.4, -0.2) is 43.7 Å². The maximum atomic E-state index is 11.2. The summed E-state index contributed by atoms with van der Waals surface area (Å²) in [4.78, 5) is 23.9. The molecule has 4 N–H and O–H groups in total. The van der Waals surface area contributed by atoms with Crippen molar-refractivity contribution in [1.29, 1.82) is 0 Å². The minimum Gasteiger partial charge on any atom is -0.394 e. The minimum absolute atomic E-state index is 0.523. The zero-order chi connectivity index (χ0) is 12.1. The lowest BCUT2D eigenvalue weighted by molar-refractivity contribution is 0.00973. The van der Waals surface area contributed by atoms with Crippen molar-refractivity contribution in [2.75, 3.05) is 6.61 Å². The molecule has 0 amide bonds. The Kier molecular flexibility index (Phi) is 4.18. The number of aliphatic hydroxyl groups is 3. The van der Waals surface area contributed by atoms with E-state index in [2.05, 4.69) is 0 Å². The van der Waals surface area contributed by atoms with Crippen LogP contribution in [0.15, 0.2) is 27.9 Å². The quantitative estimate of drug-likeness (QED) is 0.463. The molecule has 0 fully saturated rings. The number of rotatable bonds is 4. The van der Waals surface area contributed by atoms with Gasteiger partial charge in [-0.25, -0.2) is 4.79 Å². The van der Waals surface area contributed by atoms with Gasteiger partial charge in [0.2, 0.25) is 0 Å². The maximum Gasteiger partial charge on any atom is 0.332 e. The van der Waals surface area contributed by atoms with Crippen molar-refractivity contribution in [3.05, 3.63) is 39.2 Å². The molecule has 7 heteroatoms. The molecule has 0 radical (unpaired) electrons. The summed E-state index contributed by atoms with van der Waals surface area (Å²) in [6.45, 7) is -0.591. The summed E-state index contributed by atoms with van der Waals surface area (Å²) < 4.78 is 1.02. The van der Waals surface area contributed by atoms with E-state index in [1.807, 2.05) is 4.98 Å². The zero-order valence-electron chi connectivity index (χ0n) is 8.28. The second-order valence-corrected chi connectivity index (χ2v) is 3.10. The Morgan fingerprint density at radius 1 is 1.44 bits per heavy atom. The van der Waals surface area contributed by atoms with Crippen LogP contribution >= 0.6 is 0 Å². The van der Waals surface area contributed by atoms with Crippen molar-refractivity contribution in [3.8, 4) is 0 Å². The molecule has 1 aromatic rings. The molecule has 0 saturated heterocycles. The SMILES string of the molecule is O=c1ccn(C=C[C@H](O)[C@H](O)CO)c(=O)[nH]1. The molecule has 0 aliphatic carbocycles. The van der Waals surface area contributed by atoms with E-state index in [1.165, 1.54) is 12.4 Å². The summed E-state index contributed by atoms with van der Waals surface area (Å²) >= 11 is 0. The van der Waals surface area contributed by atoms with Crippen LogP contribution in [0, 0.1) is 0 Å². The molecule has 0 aromatic carbocycles. The summed E-state index contributed by atoms with van der Waals surface area (Å²) in [5.74, 6) is 0. The Morgan fingerprint density at radius 3 is 2.69 bits per heavy atom. The number of hydrogen-bond donors (Lipinski definition) is 4. The van der Waals surface area contributed by atoms with Gasteiger partial charge in [-0.15, -0.1) is 0 Å². The average molecular weight is 228 g/mol. The lowest BCUT2D eigenvalue weighted by Gasteiger charge is -2.10. The third-order valence-electron chi connectivity index (χ3n) is 1.88. The van der Waals surface area contributed by atoms with Gasteiger partial charge in [-0.1, -0.05) is 0 Å². The Bertz CT molecular complexity index is 475. The van der Waals surface area contributed by atoms with E-state index in [-0.39, 0.29) is 0 Å². The van der Waals surface area contributed by atoms with E-state index in [0.717, 1.165) is 16.7 Å². The summed E-state index contributed by atoms with van der Waals surface area (Å²) in [5, 5.41) is 26.8. The van der Waals surface area contributed by atoms with E-state index >= 15 is 0 Å². The molecular weight excluding hydrogens is 216 g/mol. The first-order chi connectivity index (χ1) is 7.54. The lowest BCUT2D eigenvalue weighted by atomic mass is 10.2. The number of aromatic amines is 1. The van der Waals surface area contributed by atoms with Crippen molar-refractivity contribution >= 4 is 6.20 Å². The fourth-order valence-electron chi connectivity index (χ4n) is 0.962. The van der Waals surface area contributed by atoms with Crippen LogP contribution in [0.5, 0.6) is 0 Å². The molecule has 1 rings (SSSR count). The number of nitrogens with zero attached hydrogens (tertiary/aromatic N) is 1. The van der Waals surface area contributed by atoms with Gasteiger partial charge in [0, 0.05) is 18.5 Å². The third-order valence-corrected chi connectivity index (χ3v) is 1.88. The Hall–Kier alpha value is -1.70. The van der Waals surface area contributed by atoms with Crippen molar-refractivity contribution in [3.63, 3.8) is 0 Å². The lowest BCUT2D eigenvalue weighted by Crippen LogP contribution is -2.29. The van der Waals surface area contributed by atoms with Crippen molar-refractivity contribution in [1.82, 2.24) is 9.55 Å². The predicted octanol–water partition coefficient (Wildman–Crippen LogP) is -2.28. The van der Waals surface area contributed by atoms with Gasteiger partial charge in [0.25, 0.3) is 5.56 Å².